The van der Waals surface area contributed by atoms with Crippen molar-refractivity contribution < 1.29 is 4.79 Å². The Morgan fingerprint density at radius 3 is 2.94 bits per heavy atom. The first-order valence-electron chi connectivity index (χ1n) is 5.68. The van der Waals surface area contributed by atoms with Crippen molar-refractivity contribution in [1.82, 2.24) is 0 Å². The predicted molar refractivity (Wildman–Crippen MR) is 70.0 cm³/mol. The average molecular weight is 232 g/mol. The van der Waals surface area contributed by atoms with Gasteiger partial charge in [-0.2, -0.15) is 0 Å². The van der Waals surface area contributed by atoms with Gasteiger partial charge in [0.2, 0.25) is 0 Å². The quantitative estimate of drug-likeness (QED) is 0.716. The van der Waals surface area contributed by atoms with Crippen LogP contribution in [0.1, 0.15) is 42.1 Å². The Morgan fingerprint density at radius 2 is 2.19 bits per heavy atom. The summed E-state index contributed by atoms with van der Waals surface area (Å²) in [6.07, 6.45) is 0.878. The molecule has 0 radical (unpaired) electrons. The van der Waals surface area contributed by atoms with Crippen molar-refractivity contribution in [3.8, 4) is 0 Å². The number of Topliss-reactive ketones (excluding diaryl/α,β-unsaturated/α-hetero) is 1. The lowest BCUT2D eigenvalue weighted by molar-refractivity contribution is 0.102. The third-order valence-corrected chi connectivity index (χ3v) is 3.73. The highest BCUT2D eigenvalue weighted by Gasteiger charge is 2.25. The predicted octanol–water partition coefficient (Wildman–Crippen LogP) is 4.01. The molecule has 1 atom stereocenters. The first-order valence-corrected chi connectivity index (χ1v) is 6.73. The molecule has 0 saturated heterocycles. The van der Waals surface area contributed by atoms with Crippen LogP contribution in [0.25, 0.3) is 0 Å². The van der Waals surface area contributed by atoms with Gasteiger partial charge in [-0.3, -0.25) is 4.79 Å². The SMILES string of the molecule is CCSC=C1CC(C)c2ccccc2C1=O. The van der Waals surface area contributed by atoms with Crippen molar-refractivity contribution >= 4 is 17.5 Å². The van der Waals surface area contributed by atoms with Crippen molar-refractivity contribution in [2.45, 2.75) is 26.2 Å². The Hall–Kier alpha value is -1.02. The Bertz CT molecular complexity index is 434. The number of benzene rings is 1. The summed E-state index contributed by atoms with van der Waals surface area (Å²) in [5.41, 5.74) is 3.06. The van der Waals surface area contributed by atoms with Crippen LogP contribution < -0.4 is 0 Å². The number of carbonyl (C=O) groups is 1. The second-order valence-electron chi connectivity index (χ2n) is 4.12. The van der Waals surface area contributed by atoms with Crippen LogP contribution in [0.5, 0.6) is 0 Å². The van der Waals surface area contributed by atoms with Gasteiger partial charge in [-0.05, 0) is 29.1 Å². The molecule has 1 aromatic carbocycles. The van der Waals surface area contributed by atoms with E-state index in [1.165, 1.54) is 5.56 Å². The molecule has 16 heavy (non-hydrogen) atoms. The Kier molecular flexibility index (Phi) is 3.49. The van der Waals surface area contributed by atoms with Gasteiger partial charge in [0.1, 0.15) is 0 Å². The lowest BCUT2D eigenvalue weighted by Gasteiger charge is -2.23. The van der Waals surface area contributed by atoms with Crippen molar-refractivity contribution in [2.75, 3.05) is 5.75 Å². The minimum Gasteiger partial charge on any atom is -0.289 e. The molecule has 84 valence electrons. The zero-order chi connectivity index (χ0) is 11.5. The molecule has 1 aromatic rings. The number of carbonyl (C=O) groups excluding carboxylic acids is 1. The van der Waals surface area contributed by atoms with E-state index in [2.05, 4.69) is 19.9 Å². The number of allylic oxidation sites excluding steroid dienone is 1. The first-order chi connectivity index (χ1) is 7.74. The number of fused-ring (bicyclic) bond motifs is 1. The molecule has 2 rings (SSSR count). The van der Waals surface area contributed by atoms with E-state index in [4.69, 9.17) is 0 Å². The van der Waals surface area contributed by atoms with Gasteiger partial charge in [0.25, 0.3) is 0 Å². The van der Waals surface area contributed by atoms with Gasteiger partial charge in [0.05, 0.1) is 0 Å². The summed E-state index contributed by atoms with van der Waals surface area (Å²) >= 11 is 1.71. The number of ketones is 1. The van der Waals surface area contributed by atoms with Crippen molar-refractivity contribution in [3.63, 3.8) is 0 Å². The summed E-state index contributed by atoms with van der Waals surface area (Å²) in [5, 5.41) is 2.04. The zero-order valence-electron chi connectivity index (χ0n) is 9.69. The highest BCUT2D eigenvalue weighted by atomic mass is 32.2. The normalized spacial score (nSPS) is 22.2. The molecular weight excluding hydrogens is 216 g/mol. The standard InChI is InChI=1S/C14H16OS/c1-3-16-9-11-8-10(2)12-6-4-5-7-13(12)14(11)15/h4-7,9-10H,3,8H2,1-2H3. The lowest BCUT2D eigenvalue weighted by atomic mass is 9.81. The molecule has 0 saturated carbocycles. The van der Waals surface area contributed by atoms with Crippen LogP contribution in [-0.4, -0.2) is 11.5 Å². The summed E-state index contributed by atoms with van der Waals surface area (Å²) < 4.78 is 0. The molecule has 0 amide bonds. The average Bonchev–Trinajstić information content (AvgIpc) is 2.32. The summed E-state index contributed by atoms with van der Waals surface area (Å²) in [7, 11) is 0. The maximum atomic E-state index is 12.2. The third-order valence-electron chi connectivity index (χ3n) is 2.95. The monoisotopic (exact) mass is 232 g/mol. The van der Waals surface area contributed by atoms with Gasteiger partial charge in [0, 0.05) is 11.1 Å². The Morgan fingerprint density at radius 1 is 1.44 bits per heavy atom. The van der Waals surface area contributed by atoms with Crippen LogP contribution in [-0.2, 0) is 0 Å². The van der Waals surface area contributed by atoms with Crippen LogP contribution in [0.3, 0.4) is 0 Å². The summed E-state index contributed by atoms with van der Waals surface area (Å²) in [6, 6.07) is 7.97. The van der Waals surface area contributed by atoms with Crippen LogP contribution in [0.4, 0.5) is 0 Å². The van der Waals surface area contributed by atoms with Crippen LogP contribution in [0.2, 0.25) is 0 Å². The second kappa shape index (κ2) is 4.88. The van der Waals surface area contributed by atoms with Crippen LogP contribution in [0, 0.1) is 0 Å². The molecular formula is C14H16OS. The van der Waals surface area contributed by atoms with Gasteiger partial charge in [-0.15, -0.1) is 11.8 Å². The van der Waals surface area contributed by atoms with E-state index in [9.17, 15) is 4.79 Å². The molecule has 1 unspecified atom stereocenters. The van der Waals surface area contributed by atoms with E-state index in [-0.39, 0.29) is 5.78 Å². The number of rotatable bonds is 2. The molecule has 0 aliphatic heterocycles. The molecule has 0 heterocycles. The van der Waals surface area contributed by atoms with Crippen molar-refractivity contribution in [1.29, 1.82) is 0 Å². The molecule has 0 aromatic heterocycles. The zero-order valence-corrected chi connectivity index (χ0v) is 10.5. The number of hydrogen-bond acceptors (Lipinski definition) is 2. The molecule has 0 bridgehead atoms. The van der Waals surface area contributed by atoms with E-state index in [0.717, 1.165) is 23.3 Å². The van der Waals surface area contributed by atoms with Crippen LogP contribution >= 0.6 is 11.8 Å². The van der Waals surface area contributed by atoms with Crippen molar-refractivity contribution in [3.05, 3.63) is 46.4 Å². The van der Waals surface area contributed by atoms with E-state index in [1.54, 1.807) is 11.8 Å². The lowest BCUT2D eigenvalue weighted by Crippen LogP contribution is -2.16. The molecule has 1 aliphatic rings. The van der Waals surface area contributed by atoms with E-state index in [0.29, 0.717) is 5.92 Å². The summed E-state index contributed by atoms with van der Waals surface area (Å²) in [4.78, 5) is 12.2. The summed E-state index contributed by atoms with van der Waals surface area (Å²) in [5.74, 6) is 1.69. The van der Waals surface area contributed by atoms with Gasteiger partial charge in [0.15, 0.2) is 5.78 Å². The van der Waals surface area contributed by atoms with Crippen LogP contribution in [0.15, 0.2) is 35.2 Å². The fourth-order valence-electron chi connectivity index (χ4n) is 2.12. The maximum Gasteiger partial charge on any atom is 0.189 e. The Labute approximate surface area is 101 Å². The highest BCUT2D eigenvalue weighted by molar-refractivity contribution is 8.02. The minimum atomic E-state index is 0.217. The second-order valence-corrected chi connectivity index (χ2v) is 5.27. The molecule has 1 aliphatic carbocycles. The Balaban J connectivity index is 2.38. The van der Waals surface area contributed by atoms with E-state index < -0.39 is 0 Å². The highest BCUT2D eigenvalue weighted by Crippen LogP contribution is 2.34. The number of hydrogen-bond donors (Lipinski definition) is 0. The first kappa shape index (κ1) is 11.5. The molecule has 0 N–H and O–H groups in total. The maximum absolute atomic E-state index is 12.2. The smallest absolute Gasteiger partial charge is 0.189 e. The van der Waals surface area contributed by atoms with Gasteiger partial charge < -0.3 is 0 Å². The number of thioether (sulfide) groups is 1. The minimum absolute atomic E-state index is 0.217. The fraction of sp³-hybridized carbons (Fsp3) is 0.357. The van der Waals surface area contributed by atoms with E-state index >= 15 is 0 Å². The van der Waals surface area contributed by atoms with E-state index in [1.807, 2.05) is 23.6 Å². The molecule has 1 nitrogen and oxygen atoms in total. The topological polar surface area (TPSA) is 17.1 Å². The molecule has 2 heteroatoms. The largest absolute Gasteiger partial charge is 0.289 e. The third kappa shape index (κ3) is 2.07. The fourth-order valence-corrected chi connectivity index (χ4v) is 2.70. The van der Waals surface area contributed by atoms with Gasteiger partial charge in [-0.25, -0.2) is 0 Å². The molecule has 0 spiro atoms. The summed E-state index contributed by atoms with van der Waals surface area (Å²) in [6.45, 7) is 4.29. The van der Waals surface area contributed by atoms with Gasteiger partial charge in [-0.1, -0.05) is 38.1 Å². The van der Waals surface area contributed by atoms with Crippen molar-refractivity contribution in [2.24, 2.45) is 0 Å². The molecule has 0 fully saturated rings. The van der Waals surface area contributed by atoms with Gasteiger partial charge >= 0.3 is 0 Å².